The molecule has 1 aliphatic heterocycles. The number of fused-ring (bicyclic) bond motifs is 2. The third-order valence-electron chi connectivity index (χ3n) is 4.71. The minimum atomic E-state index is -0.0420. The van der Waals surface area contributed by atoms with E-state index < -0.39 is 0 Å². The molecule has 1 heteroatoms. The van der Waals surface area contributed by atoms with Crippen LogP contribution in [0.25, 0.3) is 0 Å². The summed E-state index contributed by atoms with van der Waals surface area (Å²) < 4.78 is 0. The van der Waals surface area contributed by atoms with Crippen molar-refractivity contribution in [2.24, 2.45) is 0 Å². The van der Waals surface area contributed by atoms with E-state index in [1.807, 2.05) is 11.8 Å². The number of benzene rings is 3. The molecule has 0 fully saturated rings. The van der Waals surface area contributed by atoms with Crippen LogP contribution in [0.4, 0.5) is 0 Å². The van der Waals surface area contributed by atoms with Crippen LogP contribution in [0, 0.1) is 0 Å². The van der Waals surface area contributed by atoms with Gasteiger partial charge in [0, 0.05) is 15.2 Å². The molecule has 0 N–H and O–H groups in total. The van der Waals surface area contributed by atoms with E-state index in [1.165, 1.54) is 26.5 Å². The van der Waals surface area contributed by atoms with Crippen LogP contribution in [-0.4, -0.2) is 0 Å². The van der Waals surface area contributed by atoms with Gasteiger partial charge in [0.05, 0.1) is 0 Å². The first-order valence-electron chi connectivity index (χ1n) is 7.78. The monoisotopic (exact) mass is 302 g/mol. The van der Waals surface area contributed by atoms with Crippen molar-refractivity contribution in [3.05, 3.63) is 95.6 Å². The SMILES string of the molecule is CCC1(c2ccccc2)c2ccccc2Sc2ccccc21. The summed E-state index contributed by atoms with van der Waals surface area (Å²) in [5, 5.41) is 0. The summed E-state index contributed by atoms with van der Waals surface area (Å²) >= 11 is 1.89. The standard InChI is InChI=1S/C21H18S/c1-2-21(16-10-4-3-5-11-16)17-12-6-8-14-19(17)22-20-15-9-7-13-18(20)21/h3-15H,2H2,1H3. The maximum absolute atomic E-state index is 2.30. The maximum atomic E-state index is 2.30. The number of hydrogen-bond acceptors (Lipinski definition) is 1. The third kappa shape index (κ3) is 1.85. The lowest BCUT2D eigenvalue weighted by Crippen LogP contribution is -2.31. The second kappa shape index (κ2) is 5.33. The third-order valence-corrected chi connectivity index (χ3v) is 5.86. The van der Waals surface area contributed by atoms with Crippen molar-refractivity contribution >= 4 is 11.8 Å². The van der Waals surface area contributed by atoms with Gasteiger partial charge in [-0.15, -0.1) is 0 Å². The fraction of sp³-hybridized carbons (Fsp3) is 0.143. The van der Waals surface area contributed by atoms with Crippen LogP contribution >= 0.6 is 11.8 Å². The van der Waals surface area contributed by atoms with Gasteiger partial charge in [-0.1, -0.05) is 85.4 Å². The summed E-state index contributed by atoms with van der Waals surface area (Å²) in [6.07, 6.45) is 1.06. The summed E-state index contributed by atoms with van der Waals surface area (Å²) in [4.78, 5) is 2.76. The predicted octanol–water partition coefficient (Wildman–Crippen LogP) is 5.90. The second-order valence-corrected chi connectivity index (χ2v) is 6.80. The van der Waals surface area contributed by atoms with Crippen LogP contribution in [0.5, 0.6) is 0 Å². The fourth-order valence-electron chi connectivity index (χ4n) is 3.70. The quantitative estimate of drug-likeness (QED) is 0.568. The largest absolute Gasteiger partial charge is 0.0894 e. The minimum Gasteiger partial charge on any atom is -0.0894 e. The van der Waals surface area contributed by atoms with Gasteiger partial charge in [0.1, 0.15) is 0 Å². The number of rotatable bonds is 2. The second-order valence-electron chi connectivity index (χ2n) is 5.72. The zero-order chi connectivity index (χ0) is 15.0. The molecule has 0 nitrogen and oxygen atoms in total. The van der Waals surface area contributed by atoms with Crippen molar-refractivity contribution in [3.63, 3.8) is 0 Å². The van der Waals surface area contributed by atoms with Crippen LogP contribution in [0.15, 0.2) is 88.7 Å². The van der Waals surface area contributed by atoms with Gasteiger partial charge in [0.25, 0.3) is 0 Å². The molecule has 0 aliphatic carbocycles. The topological polar surface area (TPSA) is 0 Å². The molecule has 0 saturated carbocycles. The van der Waals surface area contributed by atoms with Crippen molar-refractivity contribution < 1.29 is 0 Å². The van der Waals surface area contributed by atoms with Crippen molar-refractivity contribution in [2.75, 3.05) is 0 Å². The van der Waals surface area contributed by atoms with Crippen molar-refractivity contribution in [2.45, 2.75) is 28.6 Å². The highest BCUT2D eigenvalue weighted by atomic mass is 32.2. The highest BCUT2D eigenvalue weighted by Gasteiger charge is 2.40. The lowest BCUT2D eigenvalue weighted by atomic mass is 9.67. The van der Waals surface area contributed by atoms with Crippen LogP contribution in [0.2, 0.25) is 0 Å². The summed E-state index contributed by atoms with van der Waals surface area (Å²) in [6, 6.07) is 28.7. The molecule has 1 heterocycles. The molecule has 22 heavy (non-hydrogen) atoms. The van der Waals surface area contributed by atoms with E-state index in [4.69, 9.17) is 0 Å². The van der Waals surface area contributed by atoms with Crippen LogP contribution < -0.4 is 0 Å². The first kappa shape index (κ1) is 13.7. The predicted molar refractivity (Wildman–Crippen MR) is 93.6 cm³/mol. The molecule has 1 aliphatic rings. The molecule has 3 aromatic carbocycles. The molecule has 0 amide bonds. The van der Waals surface area contributed by atoms with E-state index in [-0.39, 0.29) is 5.41 Å². The van der Waals surface area contributed by atoms with Crippen LogP contribution in [0.3, 0.4) is 0 Å². The molecule has 0 atom stereocenters. The molecule has 0 saturated heterocycles. The highest BCUT2D eigenvalue weighted by Crippen LogP contribution is 2.53. The summed E-state index contributed by atoms with van der Waals surface area (Å²) in [7, 11) is 0. The Morgan fingerprint density at radius 1 is 0.682 bits per heavy atom. The van der Waals surface area contributed by atoms with Crippen LogP contribution in [0.1, 0.15) is 30.0 Å². The Balaban J connectivity index is 2.09. The Morgan fingerprint density at radius 2 is 1.18 bits per heavy atom. The van der Waals surface area contributed by atoms with Crippen LogP contribution in [-0.2, 0) is 5.41 Å². The van der Waals surface area contributed by atoms with Gasteiger partial charge in [-0.05, 0) is 35.2 Å². The molecule has 0 spiro atoms. The molecule has 4 rings (SSSR count). The Bertz CT molecular complexity index is 759. The molecule has 0 aromatic heterocycles. The average Bonchev–Trinajstić information content (AvgIpc) is 2.60. The van der Waals surface area contributed by atoms with Gasteiger partial charge < -0.3 is 0 Å². The summed E-state index contributed by atoms with van der Waals surface area (Å²) in [5.74, 6) is 0. The van der Waals surface area contributed by atoms with Gasteiger partial charge in [-0.2, -0.15) is 0 Å². The Hall–Kier alpha value is -1.99. The first-order chi connectivity index (χ1) is 10.9. The van der Waals surface area contributed by atoms with Crippen molar-refractivity contribution in [1.82, 2.24) is 0 Å². The minimum absolute atomic E-state index is 0.0420. The fourth-order valence-corrected chi connectivity index (χ4v) is 4.93. The molecular formula is C21H18S. The Kier molecular flexibility index (Phi) is 3.31. The molecule has 0 bridgehead atoms. The first-order valence-corrected chi connectivity index (χ1v) is 8.60. The summed E-state index contributed by atoms with van der Waals surface area (Å²) in [6.45, 7) is 2.30. The highest BCUT2D eigenvalue weighted by molar-refractivity contribution is 7.99. The zero-order valence-electron chi connectivity index (χ0n) is 12.6. The summed E-state index contributed by atoms with van der Waals surface area (Å²) in [5.41, 5.74) is 4.22. The van der Waals surface area contributed by atoms with E-state index in [0.29, 0.717) is 0 Å². The Labute approximate surface area is 136 Å². The average molecular weight is 302 g/mol. The lowest BCUT2D eigenvalue weighted by Gasteiger charge is -2.40. The van der Waals surface area contributed by atoms with Crippen molar-refractivity contribution in [1.29, 1.82) is 0 Å². The van der Waals surface area contributed by atoms with E-state index in [0.717, 1.165) is 6.42 Å². The smallest absolute Gasteiger partial charge is 0.0471 e. The molecule has 0 radical (unpaired) electrons. The van der Waals surface area contributed by atoms with Crippen molar-refractivity contribution in [3.8, 4) is 0 Å². The maximum Gasteiger partial charge on any atom is 0.0471 e. The van der Waals surface area contributed by atoms with Gasteiger partial charge in [-0.3, -0.25) is 0 Å². The van der Waals surface area contributed by atoms with E-state index in [1.54, 1.807) is 0 Å². The molecule has 108 valence electrons. The lowest BCUT2D eigenvalue weighted by molar-refractivity contribution is 0.567. The van der Waals surface area contributed by atoms with Gasteiger partial charge in [0.2, 0.25) is 0 Å². The normalized spacial score (nSPS) is 15.0. The zero-order valence-corrected chi connectivity index (χ0v) is 13.4. The van der Waals surface area contributed by atoms with Gasteiger partial charge >= 0.3 is 0 Å². The Morgan fingerprint density at radius 3 is 1.73 bits per heavy atom. The number of hydrogen-bond donors (Lipinski definition) is 0. The van der Waals surface area contributed by atoms with E-state index in [9.17, 15) is 0 Å². The van der Waals surface area contributed by atoms with Gasteiger partial charge in [0.15, 0.2) is 0 Å². The van der Waals surface area contributed by atoms with E-state index in [2.05, 4.69) is 85.8 Å². The molecule has 0 unspecified atom stereocenters. The van der Waals surface area contributed by atoms with Gasteiger partial charge in [-0.25, -0.2) is 0 Å². The molecule has 3 aromatic rings. The van der Waals surface area contributed by atoms with E-state index >= 15 is 0 Å². The molecular weight excluding hydrogens is 284 g/mol.